The highest BCUT2D eigenvalue weighted by molar-refractivity contribution is 6.00. The molecule has 1 atom stereocenters. The number of rotatable bonds is 5. The Morgan fingerprint density at radius 2 is 2.00 bits per heavy atom. The van der Waals surface area contributed by atoms with Gasteiger partial charge in [0, 0.05) is 35.0 Å². The van der Waals surface area contributed by atoms with Crippen LogP contribution in [-0.4, -0.2) is 5.78 Å². The SMILES string of the molecule is CC1=C(C#N)C(c2cccc3c(=O)cc(C)oc23)C(C(=O)CCC2CCC2)=C(C)N1. The van der Waals surface area contributed by atoms with Crippen molar-refractivity contribution in [2.75, 3.05) is 0 Å². The molecule has 1 aliphatic carbocycles. The first-order chi connectivity index (χ1) is 14.4. The summed E-state index contributed by atoms with van der Waals surface area (Å²) < 4.78 is 5.96. The first-order valence-corrected chi connectivity index (χ1v) is 10.6. The summed E-state index contributed by atoms with van der Waals surface area (Å²) in [4.78, 5) is 25.9. The van der Waals surface area contributed by atoms with Crippen LogP contribution in [0.4, 0.5) is 0 Å². The number of benzene rings is 1. The van der Waals surface area contributed by atoms with Crippen LogP contribution >= 0.6 is 0 Å². The van der Waals surface area contributed by atoms with Crippen LogP contribution in [-0.2, 0) is 4.79 Å². The van der Waals surface area contributed by atoms with Gasteiger partial charge >= 0.3 is 0 Å². The van der Waals surface area contributed by atoms with E-state index < -0.39 is 5.92 Å². The van der Waals surface area contributed by atoms with Gasteiger partial charge in [-0.15, -0.1) is 0 Å². The van der Waals surface area contributed by atoms with Crippen molar-refractivity contribution in [2.45, 2.75) is 58.8 Å². The zero-order chi connectivity index (χ0) is 21.4. The van der Waals surface area contributed by atoms with Crippen LogP contribution in [0.15, 0.2) is 56.0 Å². The fourth-order valence-electron chi connectivity index (χ4n) is 4.62. The van der Waals surface area contributed by atoms with Gasteiger partial charge in [0.2, 0.25) is 0 Å². The van der Waals surface area contributed by atoms with Crippen LogP contribution in [0.1, 0.15) is 63.2 Å². The minimum atomic E-state index is -0.543. The van der Waals surface area contributed by atoms with E-state index in [0.29, 0.717) is 45.8 Å². The Bertz CT molecular complexity index is 1190. The molecule has 1 saturated carbocycles. The molecule has 30 heavy (non-hydrogen) atoms. The van der Waals surface area contributed by atoms with E-state index in [1.165, 1.54) is 25.3 Å². The van der Waals surface area contributed by atoms with E-state index in [9.17, 15) is 14.9 Å². The molecule has 1 aliphatic heterocycles. The predicted octanol–water partition coefficient (Wildman–Crippen LogP) is 5.01. The summed E-state index contributed by atoms with van der Waals surface area (Å²) in [5.41, 5.74) is 3.61. The topological polar surface area (TPSA) is 83.1 Å². The molecule has 1 fully saturated rings. The van der Waals surface area contributed by atoms with Gasteiger partial charge in [0.15, 0.2) is 11.2 Å². The maximum absolute atomic E-state index is 13.4. The number of hydrogen-bond acceptors (Lipinski definition) is 5. The summed E-state index contributed by atoms with van der Waals surface area (Å²) in [6, 6.07) is 9.14. The molecular formula is C25H26N2O3. The standard InChI is InChI=1S/C25H26N2O3/c1-14-12-22(29)18-8-5-9-19(25(18)30-14)24-20(13-26)15(2)27-16(3)23(24)21(28)11-10-17-6-4-7-17/h5,8-9,12,17,24,27H,4,6-7,10-11H2,1-3H3. The number of Topliss-reactive ketones (excluding diaryl/α,β-unsaturated/α-hetero) is 1. The Morgan fingerprint density at radius 1 is 1.23 bits per heavy atom. The summed E-state index contributed by atoms with van der Waals surface area (Å²) in [5, 5.41) is 13.6. The molecule has 154 valence electrons. The van der Waals surface area contributed by atoms with E-state index in [1.54, 1.807) is 19.1 Å². The van der Waals surface area contributed by atoms with Crippen molar-refractivity contribution in [2.24, 2.45) is 5.92 Å². The molecule has 0 bridgehead atoms. The molecule has 2 aromatic rings. The van der Waals surface area contributed by atoms with Gasteiger partial charge in [-0.2, -0.15) is 5.26 Å². The number of dihydropyridines is 1. The van der Waals surface area contributed by atoms with Crippen LogP contribution in [0.2, 0.25) is 0 Å². The van der Waals surface area contributed by atoms with Gasteiger partial charge < -0.3 is 9.73 Å². The number of nitrogens with one attached hydrogen (secondary N) is 1. The van der Waals surface area contributed by atoms with E-state index >= 15 is 0 Å². The van der Waals surface area contributed by atoms with E-state index in [2.05, 4.69) is 11.4 Å². The second-order valence-corrected chi connectivity index (χ2v) is 8.45. The van der Waals surface area contributed by atoms with Gasteiger partial charge in [-0.3, -0.25) is 9.59 Å². The molecule has 0 radical (unpaired) electrons. The average molecular weight is 402 g/mol. The van der Waals surface area contributed by atoms with Crippen molar-refractivity contribution in [1.29, 1.82) is 5.26 Å². The summed E-state index contributed by atoms with van der Waals surface area (Å²) in [6.07, 6.45) is 5.00. The second-order valence-electron chi connectivity index (χ2n) is 8.45. The molecule has 5 nitrogen and oxygen atoms in total. The average Bonchev–Trinajstić information content (AvgIpc) is 2.65. The van der Waals surface area contributed by atoms with Gasteiger partial charge in [-0.25, -0.2) is 0 Å². The Morgan fingerprint density at radius 3 is 2.67 bits per heavy atom. The van der Waals surface area contributed by atoms with Crippen molar-refractivity contribution in [3.05, 3.63) is 68.4 Å². The lowest BCUT2D eigenvalue weighted by molar-refractivity contribution is -0.116. The molecule has 0 saturated heterocycles. The molecule has 1 aromatic carbocycles. The molecule has 2 heterocycles. The summed E-state index contributed by atoms with van der Waals surface area (Å²) >= 11 is 0. The minimum absolute atomic E-state index is 0.0594. The Balaban J connectivity index is 1.86. The minimum Gasteiger partial charge on any atom is -0.461 e. The molecule has 4 rings (SSSR count). The number of carbonyl (C=O) groups excluding carboxylic acids is 1. The largest absolute Gasteiger partial charge is 0.461 e. The van der Waals surface area contributed by atoms with Gasteiger partial charge in [0.05, 0.1) is 22.9 Å². The molecule has 1 unspecified atom stereocenters. The first-order valence-electron chi connectivity index (χ1n) is 10.6. The summed E-state index contributed by atoms with van der Waals surface area (Å²) in [5.74, 6) is 0.658. The Hall–Kier alpha value is -3.13. The lowest BCUT2D eigenvalue weighted by Gasteiger charge is -2.30. The van der Waals surface area contributed by atoms with Gasteiger partial charge in [0.1, 0.15) is 11.3 Å². The number of allylic oxidation sites excluding steroid dienone is 4. The Kier molecular flexibility index (Phi) is 5.34. The number of fused-ring (bicyclic) bond motifs is 1. The van der Waals surface area contributed by atoms with Crippen molar-refractivity contribution in [3.8, 4) is 6.07 Å². The molecule has 0 amide bonds. The fourth-order valence-corrected chi connectivity index (χ4v) is 4.62. The number of para-hydroxylation sites is 1. The lowest BCUT2D eigenvalue weighted by atomic mass is 9.76. The third kappa shape index (κ3) is 3.47. The smallest absolute Gasteiger partial charge is 0.192 e. The quantitative estimate of drug-likeness (QED) is 0.760. The van der Waals surface area contributed by atoms with Crippen molar-refractivity contribution >= 4 is 16.8 Å². The number of hydrogen-bond donors (Lipinski definition) is 1. The molecular weight excluding hydrogens is 376 g/mol. The van der Waals surface area contributed by atoms with Crippen LogP contribution in [0.5, 0.6) is 0 Å². The van der Waals surface area contributed by atoms with E-state index in [1.807, 2.05) is 19.9 Å². The monoisotopic (exact) mass is 402 g/mol. The predicted molar refractivity (Wildman–Crippen MR) is 116 cm³/mol. The lowest BCUT2D eigenvalue weighted by Crippen LogP contribution is -2.28. The number of nitriles is 1. The van der Waals surface area contributed by atoms with Crippen LogP contribution < -0.4 is 10.7 Å². The highest BCUT2D eigenvalue weighted by atomic mass is 16.3. The summed E-state index contributed by atoms with van der Waals surface area (Å²) in [6.45, 7) is 5.46. The van der Waals surface area contributed by atoms with Crippen LogP contribution in [0.3, 0.4) is 0 Å². The highest BCUT2D eigenvalue weighted by Gasteiger charge is 2.35. The third-order valence-corrected chi connectivity index (χ3v) is 6.40. The maximum atomic E-state index is 13.4. The van der Waals surface area contributed by atoms with Crippen molar-refractivity contribution in [1.82, 2.24) is 5.32 Å². The normalized spacial score (nSPS) is 19.5. The van der Waals surface area contributed by atoms with E-state index in [-0.39, 0.29) is 11.2 Å². The molecule has 1 N–H and O–H groups in total. The van der Waals surface area contributed by atoms with E-state index in [0.717, 1.165) is 17.8 Å². The molecule has 5 heteroatoms. The number of carbonyl (C=O) groups is 1. The van der Waals surface area contributed by atoms with Crippen LogP contribution in [0.25, 0.3) is 11.0 Å². The van der Waals surface area contributed by atoms with Crippen molar-refractivity contribution < 1.29 is 9.21 Å². The van der Waals surface area contributed by atoms with Crippen molar-refractivity contribution in [3.63, 3.8) is 0 Å². The zero-order valence-electron chi connectivity index (χ0n) is 17.7. The van der Waals surface area contributed by atoms with Crippen LogP contribution in [0, 0.1) is 24.2 Å². The molecule has 1 aromatic heterocycles. The van der Waals surface area contributed by atoms with Gasteiger partial charge in [-0.1, -0.05) is 31.4 Å². The van der Waals surface area contributed by atoms with Gasteiger partial charge in [-0.05, 0) is 39.2 Å². The maximum Gasteiger partial charge on any atom is 0.192 e. The van der Waals surface area contributed by atoms with Gasteiger partial charge in [0.25, 0.3) is 0 Å². The molecule has 2 aliphatic rings. The second kappa shape index (κ2) is 7.95. The highest BCUT2D eigenvalue weighted by Crippen LogP contribution is 2.41. The van der Waals surface area contributed by atoms with E-state index in [4.69, 9.17) is 4.42 Å². The molecule has 0 spiro atoms. The fraction of sp³-hybridized carbons (Fsp3) is 0.400. The Labute approximate surface area is 176 Å². The zero-order valence-corrected chi connectivity index (χ0v) is 17.7. The summed E-state index contributed by atoms with van der Waals surface area (Å²) in [7, 11) is 0. The number of aryl methyl sites for hydroxylation is 1. The number of ketones is 1. The number of nitrogens with zero attached hydrogens (tertiary/aromatic N) is 1. The first kappa shape index (κ1) is 20.2. The third-order valence-electron chi connectivity index (χ3n) is 6.40.